The van der Waals surface area contributed by atoms with Crippen molar-refractivity contribution < 1.29 is 4.79 Å². The van der Waals surface area contributed by atoms with Crippen molar-refractivity contribution in [2.45, 2.75) is 33.6 Å². The summed E-state index contributed by atoms with van der Waals surface area (Å²) in [7, 11) is 1.83. The molecule has 34 heavy (non-hydrogen) atoms. The number of nitrogens with one attached hydrogen (secondary N) is 2. The average molecular weight is 459 g/mol. The van der Waals surface area contributed by atoms with Gasteiger partial charge in [0.1, 0.15) is 0 Å². The summed E-state index contributed by atoms with van der Waals surface area (Å²) in [6.45, 7) is 17.5. The van der Waals surface area contributed by atoms with Crippen LogP contribution in [0.4, 0.5) is 5.69 Å². The number of amides is 1. The van der Waals surface area contributed by atoms with Gasteiger partial charge in [0.15, 0.2) is 0 Å². The lowest BCUT2D eigenvalue weighted by Crippen LogP contribution is -2.27. The summed E-state index contributed by atoms with van der Waals surface area (Å²) < 4.78 is 0. The molecule has 0 fully saturated rings. The molecule has 0 spiro atoms. The molecule has 2 N–H and O–H groups in total. The van der Waals surface area contributed by atoms with Crippen molar-refractivity contribution in [1.29, 1.82) is 0 Å². The summed E-state index contributed by atoms with van der Waals surface area (Å²) >= 11 is 0. The molecule has 1 aromatic carbocycles. The zero-order valence-corrected chi connectivity index (χ0v) is 21.0. The van der Waals surface area contributed by atoms with Gasteiger partial charge < -0.3 is 10.6 Å². The van der Waals surface area contributed by atoms with Crippen LogP contribution in [0, 0.1) is 0 Å². The molecule has 0 aliphatic rings. The topological polar surface area (TPSA) is 57.3 Å². The second kappa shape index (κ2) is 14.0. The number of carbonyl (C=O) groups is 1. The number of pyridine rings is 1. The Morgan fingerprint density at radius 2 is 1.82 bits per heavy atom. The normalized spacial score (nSPS) is 11.6. The van der Waals surface area contributed by atoms with Gasteiger partial charge in [-0.1, -0.05) is 51.3 Å². The van der Waals surface area contributed by atoms with E-state index in [-0.39, 0.29) is 5.91 Å². The number of nitrogens with zero attached hydrogens (tertiary/aromatic N) is 2. The monoisotopic (exact) mass is 458 g/mol. The minimum atomic E-state index is -0.248. The minimum Gasteiger partial charge on any atom is -0.388 e. The zero-order valence-electron chi connectivity index (χ0n) is 21.0. The molecule has 0 atom stereocenters. The third kappa shape index (κ3) is 7.85. The van der Waals surface area contributed by atoms with E-state index in [1.807, 2.05) is 62.5 Å². The molecule has 2 rings (SSSR count). The van der Waals surface area contributed by atoms with Crippen LogP contribution in [0.1, 0.15) is 39.2 Å². The molecule has 0 saturated heterocycles. The Morgan fingerprint density at radius 1 is 1.09 bits per heavy atom. The summed E-state index contributed by atoms with van der Waals surface area (Å²) in [5, 5.41) is 6.13. The van der Waals surface area contributed by atoms with E-state index in [1.165, 1.54) is 0 Å². The molecule has 1 amide bonds. The van der Waals surface area contributed by atoms with Crippen LogP contribution in [-0.4, -0.2) is 42.5 Å². The van der Waals surface area contributed by atoms with Gasteiger partial charge in [0.05, 0.1) is 0 Å². The highest BCUT2D eigenvalue weighted by Crippen LogP contribution is 2.29. The molecule has 0 aliphatic carbocycles. The molecule has 5 heteroatoms. The van der Waals surface area contributed by atoms with Crippen LogP contribution >= 0.6 is 0 Å². The first-order valence-corrected chi connectivity index (χ1v) is 11.9. The molecule has 1 heterocycles. The Balaban J connectivity index is 2.12. The molecule has 2 aromatic rings. The number of benzene rings is 1. The molecule has 1 aromatic heterocycles. The van der Waals surface area contributed by atoms with Gasteiger partial charge in [-0.25, -0.2) is 0 Å². The Bertz CT molecular complexity index is 1030. The number of hydrogen-bond donors (Lipinski definition) is 2. The lowest BCUT2D eigenvalue weighted by atomic mass is 9.98. The highest BCUT2D eigenvalue weighted by atomic mass is 16.1. The van der Waals surface area contributed by atoms with E-state index < -0.39 is 0 Å². The number of rotatable bonds is 13. The van der Waals surface area contributed by atoms with Gasteiger partial charge in [0, 0.05) is 54.1 Å². The predicted molar refractivity (Wildman–Crippen MR) is 145 cm³/mol. The van der Waals surface area contributed by atoms with Crippen molar-refractivity contribution in [1.82, 2.24) is 15.2 Å². The Hall–Kier alpha value is -3.44. The summed E-state index contributed by atoms with van der Waals surface area (Å²) in [6, 6.07) is 9.81. The van der Waals surface area contributed by atoms with Gasteiger partial charge in [-0.05, 0) is 68.3 Å². The fourth-order valence-electron chi connectivity index (χ4n) is 3.71. The molecule has 180 valence electrons. The lowest BCUT2D eigenvalue weighted by molar-refractivity contribution is -0.114. The van der Waals surface area contributed by atoms with Crippen LogP contribution in [0.25, 0.3) is 16.7 Å². The quantitative estimate of drug-likeness (QED) is 0.283. The Morgan fingerprint density at radius 3 is 2.41 bits per heavy atom. The van der Waals surface area contributed by atoms with Crippen molar-refractivity contribution >= 4 is 17.2 Å². The molecule has 0 bridgehead atoms. The smallest absolute Gasteiger partial charge is 0.255 e. The summed E-state index contributed by atoms with van der Waals surface area (Å²) in [4.78, 5) is 19.7. The van der Waals surface area contributed by atoms with Crippen LogP contribution in [0.3, 0.4) is 0 Å². The molecular weight excluding hydrogens is 420 g/mol. The molecule has 0 radical (unpaired) electrons. The van der Waals surface area contributed by atoms with Gasteiger partial charge in [0.25, 0.3) is 5.91 Å². The number of hydrogen-bond acceptors (Lipinski definition) is 4. The maximum atomic E-state index is 13.1. The largest absolute Gasteiger partial charge is 0.388 e. The van der Waals surface area contributed by atoms with E-state index in [2.05, 4.69) is 47.5 Å². The average Bonchev–Trinajstić information content (AvgIpc) is 2.86. The maximum absolute atomic E-state index is 13.1. The summed E-state index contributed by atoms with van der Waals surface area (Å²) in [5.74, 6) is -0.248. The highest BCUT2D eigenvalue weighted by Gasteiger charge is 2.15. The van der Waals surface area contributed by atoms with E-state index in [9.17, 15) is 4.79 Å². The van der Waals surface area contributed by atoms with E-state index in [4.69, 9.17) is 0 Å². The van der Waals surface area contributed by atoms with Crippen molar-refractivity contribution in [3.05, 3.63) is 90.9 Å². The van der Waals surface area contributed by atoms with Gasteiger partial charge in [-0.2, -0.15) is 0 Å². The fraction of sp³-hybridized carbons (Fsp3) is 0.310. The highest BCUT2D eigenvalue weighted by molar-refractivity contribution is 6.21. The van der Waals surface area contributed by atoms with Crippen LogP contribution < -0.4 is 10.6 Å². The van der Waals surface area contributed by atoms with E-state index in [0.717, 1.165) is 60.4 Å². The second-order valence-corrected chi connectivity index (χ2v) is 8.20. The number of anilines is 1. The van der Waals surface area contributed by atoms with Gasteiger partial charge in [0.2, 0.25) is 0 Å². The van der Waals surface area contributed by atoms with E-state index >= 15 is 0 Å². The van der Waals surface area contributed by atoms with Gasteiger partial charge in [-0.15, -0.1) is 0 Å². The van der Waals surface area contributed by atoms with Gasteiger partial charge in [-0.3, -0.25) is 14.7 Å². The third-order valence-electron chi connectivity index (χ3n) is 5.46. The summed E-state index contributed by atoms with van der Waals surface area (Å²) in [5.41, 5.74) is 5.65. The third-order valence-corrected chi connectivity index (χ3v) is 5.46. The van der Waals surface area contributed by atoms with Crippen LogP contribution in [-0.2, 0) is 4.79 Å². The minimum absolute atomic E-state index is 0.248. The maximum Gasteiger partial charge on any atom is 0.255 e. The fourth-order valence-corrected chi connectivity index (χ4v) is 3.71. The number of aromatic nitrogens is 1. The first-order valence-electron chi connectivity index (χ1n) is 11.9. The summed E-state index contributed by atoms with van der Waals surface area (Å²) in [6.07, 6.45) is 11.5. The van der Waals surface area contributed by atoms with Crippen molar-refractivity contribution in [3.8, 4) is 11.1 Å². The van der Waals surface area contributed by atoms with Crippen molar-refractivity contribution in [3.63, 3.8) is 0 Å². The van der Waals surface area contributed by atoms with Crippen molar-refractivity contribution in [2.75, 3.05) is 32.0 Å². The number of carbonyl (C=O) groups excluding carboxylic acids is 1. The standard InChI is InChI=1S/C29H38N4O/c1-7-17-33(18-8-2)21-22(4)12-14-26(9-3)32-29(34)23(5)27-19-24(13-15-28(27)30-6)25-11-10-16-31-20-25/h9-16,19-20,30H,4-5,7-8,17-18,21H2,1-3,6H3,(H,32,34)/b14-12-,26-9+. The lowest BCUT2D eigenvalue weighted by Gasteiger charge is -2.21. The Labute approximate surface area is 205 Å². The molecule has 0 aliphatic heterocycles. The van der Waals surface area contributed by atoms with Crippen molar-refractivity contribution in [2.24, 2.45) is 0 Å². The first-order chi connectivity index (χ1) is 16.4. The van der Waals surface area contributed by atoms with Crippen LogP contribution in [0.5, 0.6) is 0 Å². The molecule has 5 nitrogen and oxygen atoms in total. The number of allylic oxidation sites excluding steroid dienone is 2. The van der Waals surface area contributed by atoms with Crippen LogP contribution in [0.15, 0.2) is 85.4 Å². The van der Waals surface area contributed by atoms with E-state index in [1.54, 1.807) is 12.4 Å². The van der Waals surface area contributed by atoms with Gasteiger partial charge >= 0.3 is 0 Å². The Kier molecular flexibility index (Phi) is 11.0. The van der Waals surface area contributed by atoms with E-state index in [0.29, 0.717) is 11.3 Å². The predicted octanol–water partition coefficient (Wildman–Crippen LogP) is 6.06. The molecular formula is C29H38N4O. The second-order valence-electron chi connectivity index (χ2n) is 8.20. The molecule has 0 unspecified atom stereocenters. The SMILES string of the molecule is C=C(/C=C\C(=C/C)NC(=O)C(=C)c1cc(-c2cccnc2)ccc1NC)CN(CCC)CCC. The molecule has 0 saturated carbocycles. The zero-order chi connectivity index (χ0) is 24.9. The first kappa shape index (κ1) is 26.8. The van der Waals surface area contributed by atoms with Crippen LogP contribution in [0.2, 0.25) is 0 Å².